The maximum atomic E-state index is 11.5. The minimum atomic E-state index is -0.868. The van der Waals surface area contributed by atoms with Gasteiger partial charge in [-0.05, 0) is 17.7 Å². The van der Waals surface area contributed by atoms with Crippen LogP contribution in [0.15, 0.2) is 59.3 Å². The van der Waals surface area contributed by atoms with Gasteiger partial charge in [0.1, 0.15) is 11.4 Å². The lowest BCUT2D eigenvalue weighted by Crippen LogP contribution is -2.21. The van der Waals surface area contributed by atoms with Crippen molar-refractivity contribution in [2.75, 3.05) is 11.9 Å². The quantitative estimate of drug-likeness (QED) is 0.752. The topological polar surface area (TPSA) is 75.4 Å². The van der Waals surface area contributed by atoms with E-state index in [-0.39, 0.29) is 6.54 Å². The third-order valence-corrected chi connectivity index (χ3v) is 3.35. The monoisotopic (exact) mass is 282 g/mol. The van der Waals surface area contributed by atoms with Gasteiger partial charge in [0.25, 0.3) is 0 Å². The van der Waals surface area contributed by atoms with Crippen molar-refractivity contribution in [3.05, 3.63) is 60.5 Å². The second-order valence-corrected chi connectivity index (χ2v) is 4.67. The fraction of sp³-hybridized carbons (Fsp3) is 0.125. The van der Waals surface area contributed by atoms with E-state index in [9.17, 15) is 9.90 Å². The number of pyridine rings is 1. The predicted octanol–water partition coefficient (Wildman–Crippen LogP) is 3.11. The summed E-state index contributed by atoms with van der Waals surface area (Å²) in [5, 5.41) is 13.3. The van der Waals surface area contributed by atoms with Crippen LogP contribution < -0.4 is 5.32 Å². The fourth-order valence-corrected chi connectivity index (χ4v) is 2.27. The van der Waals surface area contributed by atoms with Crippen molar-refractivity contribution >= 4 is 22.8 Å². The second-order valence-electron chi connectivity index (χ2n) is 4.67. The minimum Gasteiger partial charge on any atom is -0.481 e. The molecule has 0 bridgehead atoms. The molecule has 2 N–H and O–H groups in total. The Balaban J connectivity index is 1.82. The van der Waals surface area contributed by atoms with Gasteiger partial charge in [0, 0.05) is 12.7 Å². The Labute approximate surface area is 121 Å². The Hall–Kier alpha value is -2.82. The molecule has 2 heterocycles. The van der Waals surface area contributed by atoms with Crippen LogP contribution in [0.4, 0.5) is 5.82 Å². The molecule has 0 aliphatic carbocycles. The van der Waals surface area contributed by atoms with E-state index in [1.807, 2.05) is 36.4 Å². The first-order valence-corrected chi connectivity index (χ1v) is 6.59. The van der Waals surface area contributed by atoms with Crippen LogP contribution in [0.5, 0.6) is 0 Å². The van der Waals surface area contributed by atoms with E-state index < -0.39 is 11.9 Å². The maximum Gasteiger partial charge on any atom is 0.312 e. The Morgan fingerprint density at radius 3 is 2.81 bits per heavy atom. The van der Waals surface area contributed by atoms with Gasteiger partial charge in [-0.15, -0.1) is 0 Å². The van der Waals surface area contributed by atoms with Gasteiger partial charge >= 0.3 is 5.97 Å². The number of furan rings is 1. The number of rotatable bonds is 5. The smallest absolute Gasteiger partial charge is 0.312 e. The number of carboxylic acids is 1. The number of aliphatic carboxylic acids is 1. The average molecular weight is 282 g/mol. The summed E-state index contributed by atoms with van der Waals surface area (Å²) in [5.41, 5.74) is 1.48. The Kier molecular flexibility index (Phi) is 3.55. The lowest BCUT2D eigenvalue weighted by atomic mass is 9.99. The first-order valence-electron chi connectivity index (χ1n) is 6.59. The summed E-state index contributed by atoms with van der Waals surface area (Å²) in [6, 6.07) is 12.7. The van der Waals surface area contributed by atoms with Crippen LogP contribution in [-0.2, 0) is 4.79 Å². The van der Waals surface area contributed by atoms with E-state index in [0.29, 0.717) is 5.82 Å². The summed E-state index contributed by atoms with van der Waals surface area (Å²) in [7, 11) is 0. The number of hydrogen-bond acceptors (Lipinski definition) is 4. The van der Waals surface area contributed by atoms with Crippen molar-refractivity contribution < 1.29 is 14.3 Å². The second kappa shape index (κ2) is 5.66. The van der Waals surface area contributed by atoms with Crippen LogP contribution in [0, 0.1) is 0 Å². The Morgan fingerprint density at radius 1 is 1.24 bits per heavy atom. The zero-order valence-corrected chi connectivity index (χ0v) is 11.2. The highest BCUT2D eigenvalue weighted by Gasteiger charge is 2.19. The van der Waals surface area contributed by atoms with Crippen molar-refractivity contribution in [1.29, 1.82) is 0 Å². The molecular weight excluding hydrogens is 268 g/mol. The fourth-order valence-electron chi connectivity index (χ4n) is 2.27. The highest BCUT2D eigenvalue weighted by atomic mass is 16.4. The molecule has 106 valence electrons. The van der Waals surface area contributed by atoms with Crippen molar-refractivity contribution in [3.8, 4) is 0 Å². The van der Waals surface area contributed by atoms with Crippen molar-refractivity contribution in [3.63, 3.8) is 0 Å². The van der Waals surface area contributed by atoms with Crippen LogP contribution in [0.3, 0.4) is 0 Å². The van der Waals surface area contributed by atoms with Crippen molar-refractivity contribution in [1.82, 2.24) is 4.98 Å². The molecule has 0 spiro atoms. The molecule has 0 radical (unpaired) electrons. The Bertz CT molecular complexity index is 752. The molecule has 1 aromatic carbocycles. The molecule has 1 unspecified atom stereocenters. The maximum absolute atomic E-state index is 11.5. The van der Waals surface area contributed by atoms with Crippen LogP contribution in [0.2, 0.25) is 0 Å². The lowest BCUT2D eigenvalue weighted by Gasteiger charge is -2.14. The zero-order valence-electron chi connectivity index (χ0n) is 11.2. The molecule has 3 aromatic rings. The van der Waals surface area contributed by atoms with Gasteiger partial charge in [-0.25, -0.2) is 4.98 Å². The number of nitrogens with zero attached hydrogens (tertiary/aromatic N) is 1. The van der Waals surface area contributed by atoms with E-state index in [1.54, 1.807) is 18.5 Å². The molecule has 0 aliphatic heterocycles. The first kappa shape index (κ1) is 13.2. The molecule has 5 heteroatoms. The minimum absolute atomic E-state index is 0.261. The van der Waals surface area contributed by atoms with E-state index in [0.717, 1.165) is 16.5 Å². The lowest BCUT2D eigenvalue weighted by molar-refractivity contribution is -0.138. The third kappa shape index (κ3) is 2.72. The van der Waals surface area contributed by atoms with Gasteiger partial charge in [0.15, 0.2) is 0 Å². The normalized spacial score (nSPS) is 12.2. The number of nitrogens with one attached hydrogen (secondary N) is 1. The molecule has 0 aliphatic rings. The van der Waals surface area contributed by atoms with Gasteiger partial charge in [-0.1, -0.05) is 30.3 Å². The number of carboxylic acid groups (broad SMARTS) is 1. The molecule has 21 heavy (non-hydrogen) atoms. The molecule has 1 atom stereocenters. The van der Waals surface area contributed by atoms with Crippen LogP contribution in [-0.4, -0.2) is 22.6 Å². The Morgan fingerprint density at radius 2 is 2.05 bits per heavy atom. The van der Waals surface area contributed by atoms with E-state index >= 15 is 0 Å². The van der Waals surface area contributed by atoms with Gasteiger partial charge < -0.3 is 14.8 Å². The molecule has 5 nitrogen and oxygen atoms in total. The van der Waals surface area contributed by atoms with Gasteiger partial charge in [0.2, 0.25) is 0 Å². The summed E-state index contributed by atoms with van der Waals surface area (Å²) in [6.45, 7) is 0.261. The molecular formula is C16H14N2O3. The predicted molar refractivity (Wildman–Crippen MR) is 79.3 cm³/mol. The van der Waals surface area contributed by atoms with Gasteiger partial charge in [0.05, 0.1) is 17.6 Å². The highest BCUT2D eigenvalue weighted by molar-refractivity contribution is 5.88. The largest absolute Gasteiger partial charge is 0.481 e. The van der Waals surface area contributed by atoms with E-state index in [4.69, 9.17) is 4.42 Å². The first-order chi connectivity index (χ1) is 10.3. The molecule has 2 aromatic heterocycles. The zero-order chi connectivity index (χ0) is 14.7. The number of anilines is 1. The van der Waals surface area contributed by atoms with Crippen molar-refractivity contribution in [2.24, 2.45) is 0 Å². The summed E-state index contributed by atoms with van der Waals surface area (Å²) in [5.74, 6) is -0.869. The summed E-state index contributed by atoms with van der Waals surface area (Å²) in [4.78, 5) is 15.7. The summed E-state index contributed by atoms with van der Waals surface area (Å²) in [6.07, 6.45) is 3.22. The van der Waals surface area contributed by atoms with Crippen LogP contribution in [0.25, 0.3) is 11.0 Å². The molecule has 3 rings (SSSR count). The SMILES string of the molecule is O=C(O)C(CNc1nccc2occc12)c1ccccc1. The number of benzene rings is 1. The molecule has 0 fully saturated rings. The highest BCUT2D eigenvalue weighted by Crippen LogP contribution is 2.23. The van der Waals surface area contributed by atoms with Crippen LogP contribution >= 0.6 is 0 Å². The van der Waals surface area contributed by atoms with E-state index in [1.165, 1.54) is 0 Å². The molecule has 0 saturated carbocycles. The van der Waals surface area contributed by atoms with E-state index in [2.05, 4.69) is 10.3 Å². The number of hydrogen-bond donors (Lipinski definition) is 2. The molecule has 0 saturated heterocycles. The summed E-state index contributed by atoms with van der Waals surface area (Å²) < 4.78 is 5.30. The number of fused-ring (bicyclic) bond motifs is 1. The van der Waals surface area contributed by atoms with Gasteiger partial charge in [-0.2, -0.15) is 0 Å². The van der Waals surface area contributed by atoms with Crippen molar-refractivity contribution in [2.45, 2.75) is 5.92 Å². The third-order valence-electron chi connectivity index (χ3n) is 3.35. The number of aromatic nitrogens is 1. The number of carbonyl (C=O) groups is 1. The summed E-state index contributed by atoms with van der Waals surface area (Å²) >= 11 is 0. The molecule has 0 amide bonds. The van der Waals surface area contributed by atoms with Gasteiger partial charge in [-0.3, -0.25) is 4.79 Å². The average Bonchev–Trinajstić information content (AvgIpc) is 2.97. The standard InChI is InChI=1S/C16H14N2O3/c19-16(20)13(11-4-2-1-3-5-11)10-18-15-12-7-9-21-14(12)6-8-17-15/h1-9,13H,10H2,(H,17,18)(H,19,20). The van der Waals surface area contributed by atoms with Crippen LogP contribution in [0.1, 0.15) is 11.5 Å².